The normalized spacial score (nSPS) is 10.4. The van der Waals surface area contributed by atoms with Crippen LogP contribution in [0, 0.1) is 12.7 Å². The van der Waals surface area contributed by atoms with Crippen LogP contribution in [0.2, 0.25) is 0 Å². The molecule has 1 aromatic heterocycles. The van der Waals surface area contributed by atoms with Gasteiger partial charge in [-0.3, -0.25) is 9.78 Å². The maximum Gasteiger partial charge on any atom is 0.258 e. The van der Waals surface area contributed by atoms with E-state index in [-0.39, 0.29) is 11.3 Å². The van der Waals surface area contributed by atoms with Crippen LogP contribution in [0.25, 0.3) is 0 Å². The molecule has 1 heterocycles. The van der Waals surface area contributed by atoms with Gasteiger partial charge in [-0.25, -0.2) is 4.39 Å². The predicted molar refractivity (Wildman–Crippen MR) is 77.5 cm³/mol. The number of phenolic OH excluding ortho intramolecular Hbond substituents is 1. The number of aryl methyl sites for hydroxylation is 1. The molecule has 5 heteroatoms. The Morgan fingerprint density at radius 2 is 2.10 bits per heavy atom. The van der Waals surface area contributed by atoms with Crippen LogP contribution >= 0.6 is 0 Å². The third kappa shape index (κ3) is 3.56. The van der Waals surface area contributed by atoms with Gasteiger partial charge in [0.1, 0.15) is 11.6 Å². The van der Waals surface area contributed by atoms with E-state index in [2.05, 4.69) is 4.98 Å². The van der Waals surface area contributed by atoms with Crippen LogP contribution in [0.3, 0.4) is 0 Å². The minimum absolute atomic E-state index is 0.0375. The van der Waals surface area contributed by atoms with Gasteiger partial charge in [0.15, 0.2) is 0 Å². The second-order valence-corrected chi connectivity index (χ2v) is 4.75. The zero-order valence-corrected chi connectivity index (χ0v) is 12.0. The predicted octanol–water partition coefficient (Wildman–Crippen LogP) is 2.90. The van der Waals surface area contributed by atoms with Crippen LogP contribution in [0.4, 0.5) is 4.39 Å². The minimum Gasteiger partial charge on any atom is -0.507 e. The molecular formula is C16H17FN2O2. The first-order chi connectivity index (χ1) is 10.0. The molecule has 1 N–H and O–H groups in total. The van der Waals surface area contributed by atoms with Gasteiger partial charge in [0.05, 0.1) is 17.8 Å². The van der Waals surface area contributed by atoms with E-state index in [1.54, 1.807) is 0 Å². The lowest BCUT2D eigenvalue weighted by Crippen LogP contribution is -2.30. The molecule has 0 aliphatic heterocycles. The quantitative estimate of drug-likeness (QED) is 0.941. The zero-order chi connectivity index (χ0) is 15.4. The van der Waals surface area contributed by atoms with Crippen molar-refractivity contribution in [2.45, 2.75) is 20.4 Å². The van der Waals surface area contributed by atoms with Gasteiger partial charge in [0.25, 0.3) is 5.91 Å². The molecule has 21 heavy (non-hydrogen) atoms. The van der Waals surface area contributed by atoms with Crippen LogP contribution < -0.4 is 0 Å². The minimum atomic E-state index is -0.555. The molecule has 1 amide bonds. The number of rotatable bonds is 4. The number of halogens is 1. The Morgan fingerprint density at radius 1 is 1.33 bits per heavy atom. The number of pyridine rings is 1. The van der Waals surface area contributed by atoms with E-state index in [4.69, 9.17) is 0 Å². The molecule has 0 fully saturated rings. The monoisotopic (exact) mass is 288 g/mol. The van der Waals surface area contributed by atoms with Gasteiger partial charge >= 0.3 is 0 Å². The number of hydrogen-bond donors (Lipinski definition) is 1. The third-order valence-corrected chi connectivity index (χ3v) is 3.16. The second-order valence-electron chi connectivity index (χ2n) is 4.75. The van der Waals surface area contributed by atoms with Crippen molar-refractivity contribution in [3.05, 3.63) is 59.2 Å². The summed E-state index contributed by atoms with van der Waals surface area (Å²) >= 11 is 0. The number of hydrogen-bond acceptors (Lipinski definition) is 3. The Morgan fingerprint density at radius 3 is 2.76 bits per heavy atom. The molecule has 0 spiro atoms. The van der Waals surface area contributed by atoms with Gasteiger partial charge in [-0.1, -0.05) is 6.07 Å². The summed E-state index contributed by atoms with van der Waals surface area (Å²) < 4.78 is 13.3. The lowest BCUT2D eigenvalue weighted by molar-refractivity contribution is 0.0747. The fourth-order valence-corrected chi connectivity index (χ4v) is 2.06. The molecule has 2 aromatic rings. The summed E-state index contributed by atoms with van der Waals surface area (Å²) in [5, 5.41) is 9.73. The van der Waals surface area contributed by atoms with E-state index in [1.807, 2.05) is 32.0 Å². The standard InChI is InChI=1S/C16H17FN2O2/c1-3-19(10-13-6-4-5-11(2)18-13)16(21)14-9-12(17)7-8-15(14)20/h4-9,20H,3,10H2,1-2H3. The lowest BCUT2D eigenvalue weighted by atomic mass is 10.1. The number of phenols is 1. The molecule has 0 aliphatic rings. The van der Waals surface area contributed by atoms with Crippen molar-refractivity contribution in [3.8, 4) is 5.75 Å². The van der Waals surface area contributed by atoms with Crippen molar-refractivity contribution in [2.24, 2.45) is 0 Å². The Hall–Kier alpha value is -2.43. The molecule has 1 aromatic carbocycles. The Balaban J connectivity index is 2.24. The van der Waals surface area contributed by atoms with Crippen molar-refractivity contribution in [2.75, 3.05) is 6.54 Å². The fourth-order valence-electron chi connectivity index (χ4n) is 2.06. The number of amides is 1. The maximum absolute atomic E-state index is 13.3. The van der Waals surface area contributed by atoms with Crippen molar-refractivity contribution in [1.82, 2.24) is 9.88 Å². The van der Waals surface area contributed by atoms with Crippen molar-refractivity contribution < 1.29 is 14.3 Å². The van der Waals surface area contributed by atoms with Crippen molar-refractivity contribution >= 4 is 5.91 Å². The molecule has 0 radical (unpaired) electrons. The van der Waals surface area contributed by atoms with Gasteiger partial charge < -0.3 is 10.0 Å². The van der Waals surface area contributed by atoms with Crippen LogP contribution in [0.15, 0.2) is 36.4 Å². The summed E-state index contributed by atoms with van der Waals surface area (Å²) in [4.78, 5) is 18.3. The topological polar surface area (TPSA) is 53.4 Å². The third-order valence-electron chi connectivity index (χ3n) is 3.16. The summed E-state index contributed by atoms with van der Waals surface area (Å²) in [5.41, 5.74) is 1.58. The molecule has 0 atom stereocenters. The first-order valence-electron chi connectivity index (χ1n) is 6.71. The summed E-state index contributed by atoms with van der Waals surface area (Å²) in [6, 6.07) is 8.92. The van der Waals surface area contributed by atoms with Gasteiger partial charge in [0, 0.05) is 12.2 Å². The molecule has 2 rings (SSSR count). The highest BCUT2D eigenvalue weighted by atomic mass is 19.1. The highest BCUT2D eigenvalue weighted by Crippen LogP contribution is 2.20. The van der Waals surface area contributed by atoms with Gasteiger partial charge in [-0.2, -0.15) is 0 Å². The first-order valence-corrected chi connectivity index (χ1v) is 6.71. The summed E-state index contributed by atoms with van der Waals surface area (Å²) in [6.45, 7) is 4.45. The molecule has 0 saturated carbocycles. The van der Waals surface area contributed by atoms with E-state index in [0.29, 0.717) is 13.1 Å². The van der Waals surface area contributed by atoms with E-state index in [0.717, 1.165) is 23.5 Å². The Labute approximate surface area is 122 Å². The second kappa shape index (κ2) is 6.35. The van der Waals surface area contributed by atoms with Gasteiger partial charge in [-0.05, 0) is 44.2 Å². The average Bonchev–Trinajstić information content (AvgIpc) is 2.46. The highest BCUT2D eigenvalue weighted by Gasteiger charge is 2.19. The number of nitrogens with zero attached hydrogens (tertiary/aromatic N) is 2. The van der Waals surface area contributed by atoms with Crippen LogP contribution in [0.5, 0.6) is 5.75 Å². The SMILES string of the molecule is CCN(Cc1cccc(C)n1)C(=O)c1cc(F)ccc1O. The number of aromatic hydroxyl groups is 1. The highest BCUT2D eigenvalue weighted by molar-refractivity contribution is 5.96. The van der Waals surface area contributed by atoms with Crippen LogP contribution in [-0.4, -0.2) is 27.4 Å². The largest absolute Gasteiger partial charge is 0.507 e. The Kier molecular flexibility index (Phi) is 4.52. The summed E-state index contributed by atoms with van der Waals surface area (Å²) in [6.07, 6.45) is 0. The molecule has 0 unspecified atom stereocenters. The number of aromatic nitrogens is 1. The molecule has 0 saturated heterocycles. The van der Waals surface area contributed by atoms with Crippen molar-refractivity contribution in [1.29, 1.82) is 0 Å². The molecule has 0 aliphatic carbocycles. The smallest absolute Gasteiger partial charge is 0.258 e. The average molecular weight is 288 g/mol. The maximum atomic E-state index is 13.3. The zero-order valence-electron chi connectivity index (χ0n) is 12.0. The number of carbonyl (C=O) groups excluding carboxylic acids is 1. The lowest BCUT2D eigenvalue weighted by Gasteiger charge is -2.21. The molecule has 4 nitrogen and oxygen atoms in total. The van der Waals surface area contributed by atoms with E-state index in [9.17, 15) is 14.3 Å². The van der Waals surface area contributed by atoms with Crippen LogP contribution in [-0.2, 0) is 6.54 Å². The number of benzene rings is 1. The molecule has 0 bridgehead atoms. The fraction of sp³-hybridized carbons (Fsp3) is 0.250. The van der Waals surface area contributed by atoms with Gasteiger partial charge in [0.2, 0.25) is 0 Å². The van der Waals surface area contributed by atoms with E-state index < -0.39 is 11.7 Å². The summed E-state index contributed by atoms with van der Waals surface area (Å²) in [5.74, 6) is -1.20. The molecular weight excluding hydrogens is 271 g/mol. The Bertz CT molecular complexity index is 658. The van der Waals surface area contributed by atoms with E-state index >= 15 is 0 Å². The van der Waals surface area contributed by atoms with Crippen LogP contribution in [0.1, 0.15) is 28.7 Å². The number of carbonyl (C=O) groups is 1. The first kappa shape index (κ1) is 15.0. The molecule has 110 valence electrons. The van der Waals surface area contributed by atoms with Gasteiger partial charge in [-0.15, -0.1) is 0 Å². The van der Waals surface area contributed by atoms with E-state index in [1.165, 1.54) is 11.0 Å². The van der Waals surface area contributed by atoms with Crippen molar-refractivity contribution in [3.63, 3.8) is 0 Å². The summed E-state index contributed by atoms with van der Waals surface area (Å²) in [7, 11) is 0.